The van der Waals surface area contributed by atoms with Gasteiger partial charge in [0.15, 0.2) is 9.84 Å². The lowest BCUT2D eigenvalue weighted by molar-refractivity contribution is -0.152. The van der Waals surface area contributed by atoms with Gasteiger partial charge in [-0.25, -0.2) is 8.42 Å². The van der Waals surface area contributed by atoms with Crippen LogP contribution in [0.15, 0.2) is 0 Å². The highest BCUT2D eigenvalue weighted by Gasteiger charge is 2.53. The predicted molar refractivity (Wildman–Crippen MR) is 65.0 cm³/mol. The molecule has 6 nitrogen and oxygen atoms in total. The van der Waals surface area contributed by atoms with Crippen LogP contribution >= 0.6 is 0 Å². The van der Waals surface area contributed by atoms with Crippen LogP contribution < -0.4 is 0 Å². The number of aliphatic hydroxyl groups is 1. The van der Waals surface area contributed by atoms with Crippen LogP contribution in [0.25, 0.3) is 0 Å². The predicted octanol–water partition coefficient (Wildman–Crippen LogP) is -0.526. The Morgan fingerprint density at radius 2 is 2.11 bits per heavy atom. The minimum Gasteiger partial charge on any atom is -0.480 e. The molecule has 2 heterocycles. The first-order chi connectivity index (χ1) is 8.32. The van der Waals surface area contributed by atoms with E-state index in [4.69, 9.17) is 0 Å². The molecule has 0 aromatic rings. The van der Waals surface area contributed by atoms with Gasteiger partial charge in [0.2, 0.25) is 0 Å². The molecule has 0 spiro atoms. The molecule has 0 aliphatic carbocycles. The molecule has 2 fully saturated rings. The molecule has 0 radical (unpaired) electrons. The summed E-state index contributed by atoms with van der Waals surface area (Å²) in [4.78, 5) is 13.2. The molecular weight excluding hydrogens is 258 g/mol. The quantitative estimate of drug-likeness (QED) is 0.720. The van der Waals surface area contributed by atoms with Gasteiger partial charge in [-0.05, 0) is 25.8 Å². The zero-order chi connectivity index (χ0) is 13.6. The SMILES string of the molecule is CCC1(C(=O)O)CCCN1C1CS(=O)(=O)CC1O. The zero-order valence-electron chi connectivity index (χ0n) is 10.4. The second-order valence-electron chi connectivity index (χ2n) is 5.20. The number of aliphatic hydroxyl groups excluding tert-OH is 1. The summed E-state index contributed by atoms with van der Waals surface area (Å²) in [5.74, 6) is -1.31. The Labute approximate surface area is 107 Å². The lowest BCUT2D eigenvalue weighted by Crippen LogP contribution is -2.57. The van der Waals surface area contributed by atoms with Gasteiger partial charge in [0.1, 0.15) is 5.54 Å². The highest BCUT2D eigenvalue weighted by Crippen LogP contribution is 2.37. The van der Waals surface area contributed by atoms with E-state index < -0.39 is 33.5 Å². The Balaban J connectivity index is 2.30. The first kappa shape index (κ1) is 13.8. The number of carboxylic acids is 1. The van der Waals surface area contributed by atoms with Gasteiger partial charge in [0.05, 0.1) is 23.7 Å². The van der Waals surface area contributed by atoms with E-state index >= 15 is 0 Å². The van der Waals surface area contributed by atoms with E-state index in [-0.39, 0.29) is 11.5 Å². The van der Waals surface area contributed by atoms with E-state index in [0.717, 1.165) is 6.42 Å². The Morgan fingerprint density at radius 1 is 1.44 bits per heavy atom. The largest absolute Gasteiger partial charge is 0.480 e. The molecule has 0 bridgehead atoms. The first-order valence-electron chi connectivity index (χ1n) is 6.21. The number of rotatable bonds is 3. The molecule has 2 aliphatic rings. The van der Waals surface area contributed by atoms with Crippen molar-refractivity contribution < 1.29 is 23.4 Å². The molecule has 0 saturated carbocycles. The van der Waals surface area contributed by atoms with Crippen LogP contribution in [0.5, 0.6) is 0 Å². The number of likely N-dealkylation sites (tertiary alicyclic amines) is 1. The lowest BCUT2D eigenvalue weighted by Gasteiger charge is -2.38. The van der Waals surface area contributed by atoms with E-state index in [1.54, 1.807) is 11.8 Å². The number of carbonyl (C=O) groups is 1. The van der Waals surface area contributed by atoms with E-state index in [1.807, 2.05) is 0 Å². The van der Waals surface area contributed by atoms with Gasteiger partial charge in [0.25, 0.3) is 0 Å². The van der Waals surface area contributed by atoms with Crippen LogP contribution in [0.1, 0.15) is 26.2 Å². The maximum Gasteiger partial charge on any atom is 0.324 e. The minimum atomic E-state index is -3.25. The number of carboxylic acid groups (broad SMARTS) is 1. The summed E-state index contributed by atoms with van der Waals surface area (Å²) in [6, 6.07) is -0.575. The summed E-state index contributed by atoms with van der Waals surface area (Å²) >= 11 is 0. The van der Waals surface area contributed by atoms with E-state index in [2.05, 4.69) is 0 Å². The fourth-order valence-corrected chi connectivity index (χ4v) is 5.05. The lowest BCUT2D eigenvalue weighted by atomic mass is 9.91. The van der Waals surface area contributed by atoms with Crippen molar-refractivity contribution in [3.63, 3.8) is 0 Å². The zero-order valence-corrected chi connectivity index (χ0v) is 11.2. The van der Waals surface area contributed by atoms with Gasteiger partial charge >= 0.3 is 5.97 Å². The smallest absolute Gasteiger partial charge is 0.324 e. The van der Waals surface area contributed by atoms with Crippen LogP contribution in [-0.2, 0) is 14.6 Å². The van der Waals surface area contributed by atoms with Crippen LogP contribution in [0.4, 0.5) is 0 Å². The highest BCUT2D eigenvalue weighted by atomic mass is 32.2. The summed E-state index contributed by atoms with van der Waals surface area (Å²) in [7, 11) is -3.25. The van der Waals surface area contributed by atoms with Crippen LogP contribution in [0.3, 0.4) is 0 Å². The second kappa shape index (κ2) is 4.47. The molecule has 2 aliphatic heterocycles. The van der Waals surface area contributed by atoms with Gasteiger partial charge in [-0.15, -0.1) is 0 Å². The highest BCUT2D eigenvalue weighted by molar-refractivity contribution is 7.91. The molecule has 2 N–H and O–H groups in total. The minimum absolute atomic E-state index is 0.136. The van der Waals surface area contributed by atoms with E-state index in [0.29, 0.717) is 19.4 Å². The van der Waals surface area contributed by atoms with Gasteiger partial charge in [-0.3, -0.25) is 9.69 Å². The fraction of sp³-hybridized carbons (Fsp3) is 0.909. The van der Waals surface area contributed by atoms with Gasteiger partial charge in [-0.1, -0.05) is 6.92 Å². The molecule has 7 heteroatoms. The molecule has 0 amide bonds. The summed E-state index contributed by atoms with van der Waals surface area (Å²) in [6.45, 7) is 2.33. The summed E-state index contributed by atoms with van der Waals surface area (Å²) in [5.41, 5.74) is -1.01. The topological polar surface area (TPSA) is 94.9 Å². The number of sulfone groups is 1. The first-order valence-corrected chi connectivity index (χ1v) is 8.03. The maximum absolute atomic E-state index is 11.5. The number of aliphatic carboxylic acids is 1. The Morgan fingerprint density at radius 3 is 2.56 bits per heavy atom. The summed E-state index contributed by atoms with van der Waals surface area (Å²) < 4.78 is 23.1. The van der Waals surface area contributed by atoms with Crippen LogP contribution in [0.2, 0.25) is 0 Å². The molecular formula is C11H19NO5S. The van der Waals surface area contributed by atoms with Crippen molar-refractivity contribution >= 4 is 15.8 Å². The third-order valence-corrected chi connectivity index (χ3v) is 5.91. The van der Waals surface area contributed by atoms with Crippen LogP contribution in [0, 0.1) is 0 Å². The van der Waals surface area contributed by atoms with Gasteiger partial charge in [-0.2, -0.15) is 0 Å². The number of hydrogen-bond donors (Lipinski definition) is 2. The van der Waals surface area contributed by atoms with Gasteiger partial charge in [0, 0.05) is 0 Å². The number of hydrogen-bond acceptors (Lipinski definition) is 5. The van der Waals surface area contributed by atoms with Crippen molar-refractivity contribution in [2.45, 2.75) is 43.9 Å². The van der Waals surface area contributed by atoms with Crippen molar-refractivity contribution in [1.82, 2.24) is 4.90 Å². The van der Waals surface area contributed by atoms with Crippen molar-refractivity contribution in [3.8, 4) is 0 Å². The van der Waals surface area contributed by atoms with Crippen molar-refractivity contribution in [2.24, 2.45) is 0 Å². The molecule has 0 aromatic carbocycles. The molecule has 2 rings (SSSR count). The average Bonchev–Trinajstić information content (AvgIpc) is 2.79. The van der Waals surface area contributed by atoms with Crippen molar-refractivity contribution in [3.05, 3.63) is 0 Å². The Kier molecular flexibility index (Phi) is 3.42. The van der Waals surface area contributed by atoms with E-state index in [1.165, 1.54) is 0 Å². The van der Waals surface area contributed by atoms with Crippen LogP contribution in [-0.4, -0.2) is 65.2 Å². The molecule has 104 valence electrons. The maximum atomic E-state index is 11.5. The third kappa shape index (κ3) is 2.04. The second-order valence-corrected chi connectivity index (χ2v) is 7.35. The molecule has 0 aromatic heterocycles. The molecule has 3 atom stereocenters. The van der Waals surface area contributed by atoms with Gasteiger partial charge < -0.3 is 10.2 Å². The molecule has 18 heavy (non-hydrogen) atoms. The molecule has 3 unspecified atom stereocenters. The third-order valence-electron chi connectivity index (χ3n) is 4.22. The average molecular weight is 277 g/mol. The standard InChI is InChI=1S/C11H19NO5S/c1-2-11(10(14)15)4-3-5-12(11)8-6-18(16,17)7-9(8)13/h8-9,13H,2-7H2,1H3,(H,14,15). The summed E-state index contributed by atoms with van der Waals surface area (Å²) in [5, 5.41) is 19.3. The van der Waals surface area contributed by atoms with Crippen molar-refractivity contribution in [1.29, 1.82) is 0 Å². The Bertz CT molecular complexity index is 448. The number of nitrogens with zero attached hydrogens (tertiary/aromatic N) is 1. The normalized spacial score (nSPS) is 40.1. The van der Waals surface area contributed by atoms with E-state index in [9.17, 15) is 23.4 Å². The Hall–Kier alpha value is -0.660. The van der Waals surface area contributed by atoms with Crippen molar-refractivity contribution in [2.75, 3.05) is 18.1 Å². The monoisotopic (exact) mass is 277 g/mol. The summed E-state index contributed by atoms with van der Waals surface area (Å²) in [6.07, 6.45) is 0.690. The fourth-order valence-electron chi connectivity index (χ4n) is 3.25. The molecule has 2 saturated heterocycles.